The third-order valence-electron chi connectivity index (χ3n) is 2.81. The summed E-state index contributed by atoms with van der Waals surface area (Å²) in [6.07, 6.45) is 1.52. The van der Waals surface area contributed by atoms with E-state index < -0.39 is 0 Å². The van der Waals surface area contributed by atoms with E-state index in [4.69, 9.17) is 16.3 Å². The molecule has 2 aromatic rings. The van der Waals surface area contributed by atoms with E-state index in [1.807, 2.05) is 6.92 Å². The number of hydrogen-bond donors (Lipinski definition) is 2. The first kappa shape index (κ1) is 15.1. The average molecular weight is 306 g/mol. The molecule has 0 aliphatic heterocycles. The topological polar surface area (TPSA) is 63.2 Å². The van der Waals surface area contributed by atoms with E-state index in [0.29, 0.717) is 22.0 Å². The Morgan fingerprint density at radius 2 is 2.14 bits per heavy atom. The molecule has 6 heteroatoms. The van der Waals surface area contributed by atoms with E-state index in [0.717, 1.165) is 12.4 Å². The Bertz CT molecular complexity index is 629. The first-order valence-electron chi connectivity index (χ1n) is 6.49. The summed E-state index contributed by atoms with van der Waals surface area (Å²) in [6, 6.07) is 8.52. The monoisotopic (exact) mass is 305 g/mol. The molecule has 0 spiro atoms. The predicted octanol–water partition coefficient (Wildman–Crippen LogP) is 3.43. The molecule has 1 heterocycles. The van der Waals surface area contributed by atoms with E-state index in [1.165, 1.54) is 6.20 Å². The molecule has 110 valence electrons. The van der Waals surface area contributed by atoms with E-state index in [9.17, 15) is 4.79 Å². The summed E-state index contributed by atoms with van der Waals surface area (Å²) >= 11 is 6.06. The van der Waals surface area contributed by atoms with E-state index >= 15 is 0 Å². The summed E-state index contributed by atoms with van der Waals surface area (Å²) in [5, 5.41) is 6.25. The molecule has 0 atom stereocenters. The second-order valence-corrected chi connectivity index (χ2v) is 4.67. The molecule has 5 nitrogen and oxygen atoms in total. The molecule has 0 saturated carbocycles. The van der Waals surface area contributed by atoms with Gasteiger partial charge in [-0.3, -0.25) is 4.79 Å². The van der Waals surface area contributed by atoms with Gasteiger partial charge in [0.25, 0.3) is 5.91 Å². The fourth-order valence-electron chi connectivity index (χ4n) is 1.74. The molecule has 0 aliphatic carbocycles. The van der Waals surface area contributed by atoms with Crippen LogP contribution in [-0.4, -0.2) is 24.5 Å². The Balaban J connectivity index is 2.14. The van der Waals surface area contributed by atoms with Gasteiger partial charge in [0, 0.05) is 18.8 Å². The molecule has 0 fully saturated rings. The minimum atomic E-state index is -0.277. The third kappa shape index (κ3) is 3.86. The summed E-state index contributed by atoms with van der Waals surface area (Å²) in [5.74, 6) is 1.07. The van der Waals surface area contributed by atoms with Crippen molar-refractivity contribution in [3.05, 3.63) is 47.1 Å². The SMILES string of the molecule is CCNc1ccc(C(=O)Nc2cc(OC)ccc2Cl)cn1. The van der Waals surface area contributed by atoms with Crippen LogP contribution in [0.1, 0.15) is 17.3 Å². The number of anilines is 2. The summed E-state index contributed by atoms with van der Waals surface area (Å²) in [6.45, 7) is 2.76. The first-order valence-corrected chi connectivity index (χ1v) is 6.86. The number of pyridine rings is 1. The van der Waals surface area contributed by atoms with Crippen molar-refractivity contribution in [3.8, 4) is 5.75 Å². The van der Waals surface area contributed by atoms with Gasteiger partial charge in [0.2, 0.25) is 0 Å². The van der Waals surface area contributed by atoms with Gasteiger partial charge < -0.3 is 15.4 Å². The molecule has 1 aromatic heterocycles. The molecule has 0 aliphatic rings. The Labute approximate surface area is 128 Å². The summed E-state index contributed by atoms with van der Waals surface area (Å²) < 4.78 is 5.11. The molecular weight excluding hydrogens is 290 g/mol. The van der Waals surface area contributed by atoms with Crippen molar-refractivity contribution in [1.29, 1.82) is 0 Å². The number of methoxy groups -OCH3 is 1. The minimum absolute atomic E-state index is 0.277. The standard InChI is InChI=1S/C15H16ClN3O2/c1-3-17-14-7-4-10(9-18-14)15(20)19-13-8-11(21-2)5-6-12(13)16/h4-9H,3H2,1-2H3,(H,17,18)(H,19,20). The van der Waals surface area contributed by atoms with Gasteiger partial charge in [-0.05, 0) is 31.2 Å². The van der Waals surface area contributed by atoms with Crippen LogP contribution in [0, 0.1) is 0 Å². The van der Waals surface area contributed by atoms with Crippen LogP contribution < -0.4 is 15.4 Å². The lowest BCUT2D eigenvalue weighted by molar-refractivity contribution is 0.102. The van der Waals surface area contributed by atoms with Gasteiger partial charge in [0.1, 0.15) is 11.6 Å². The van der Waals surface area contributed by atoms with Crippen LogP contribution in [0.25, 0.3) is 0 Å². The van der Waals surface area contributed by atoms with E-state index in [1.54, 1.807) is 37.4 Å². The Morgan fingerprint density at radius 1 is 1.33 bits per heavy atom. The van der Waals surface area contributed by atoms with Crippen LogP contribution in [0.3, 0.4) is 0 Å². The van der Waals surface area contributed by atoms with Crippen LogP contribution >= 0.6 is 11.6 Å². The van der Waals surface area contributed by atoms with Gasteiger partial charge in [0.15, 0.2) is 0 Å². The Hall–Kier alpha value is -2.27. The molecular formula is C15H16ClN3O2. The normalized spacial score (nSPS) is 10.0. The smallest absolute Gasteiger partial charge is 0.257 e. The highest BCUT2D eigenvalue weighted by molar-refractivity contribution is 6.34. The van der Waals surface area contributed by atoms with E-state index in [2.05, 4.69) is 15.6 Å². The lowest BCUT2D eigenvalue weighted by Crippen LogP contribution is -2.13. The van der Waals surface area contributed by atoms with Gasteiger partial charge in [0.05, 0.1) is 23.4 Å². The maximum atomic E-state index is 12.2. The number of amides is 1. The molecule has 2 rings (SSSR count). The van der Waals surface area contributed by atoms with Crippen LogP contribution in [0.15, 0.2) is 36.5 Å². The molecule has 0 saturated heterocycles. The van der Waals surface area contributed by atoms with E-state index in [-0.39, 0.29) is 5.91 Å². The van der Waals surface area contributed by atoms with Gasteiger partial charge in [-0.1, -0.05) is 11.6 Å². The highest BCUT2D eigenvalue weighted by Gasteiger charge is 2.10. The molecule has 1 aromatic carbocycles. The maximum absolute atomic E-state index is 12.2. The lowest BCUT2D eigenvalue weighted by Gasteiger charge is -2.09. The zero-order chi connectivity index (χ0) is 15.2. The zero-order valence-corrected chi connectivity index (χ0v) is 12.6. The van der Waals surface area contributed by atoms with Crippen molar-refractivity contribution in [2.24, 2.45) is 0 Å². The average Bonchev–Trinajstić information content (AvgIpc) is 2.50. The van der Waals surface area contributed by atoms with Crippen molar-refractivity contribution >= 4 is 29.0 Å². The summed E-state index contributed by atoms with van der Waals surface area (Å²) in [7, 11) is 1.55. The fourth-order valence-corrected chi connectivity index (χ4v) is 1.90. The largest absolute Gasteiger partial charge is 0.497 e. The number of carbonyl (C=O) groups is 1. The van der Waals surface area contributed by atoms with Crippen molar-refractivity contribution < 1.29 is 9.53 Å². The van der Waals surface area contributed by atoms with Crippen molar-refractivity contribution in [2.45, 2.75) is 6.92 Å². The van der Waals surface area contributed by atoms with Crippen LogP contribution in [0.5, 0.6) is 5.75 Å². The lowest BCUT2D eigenvalue weighted by atomic mass is 10.2. The number of benzene rings is 1. The minimum Gasteiger partial charge on any atom is -0.497 e. The molecule has 2 N–H and O–H groups in total. The predicted molar refractivity (Wildman–Crippen MR) is 84.4 cm³/mol. The third-order valence-corrected chi connectivity index (χ3v) is 3.13. The summed E-state index contributed by atoms with van der Waals surface area (Å²) in [5.41, 5.74) is 0.951. The maximum Gasteiger partial charge on any atom is 0.257 e. The van der Waals surface area contributed by atoms with Gasteiger partial charge in [-0.2, -0.15) is 0 Å². The second-order valence-electron chi connectivity index (χ2n) is 4.26. The molecule has 0 unspecified atom stereocenters. The number of hydrogen-bond acceptors (Lipinski definition) is 4. The zero-order valence-electron chi connectivity index (χ0n) is 11.8. The van der Waals surface area contributed by atoms with Crippen molar-refractivity contribution in [1.82, 2.24) is 4.98 Å². The van der Waals surface area contributed by atoms with Crippen molar-refractivity contribution in [2.75, 3.05) is 24.3 Å². The van der Waals surface area contributed by atoms with Gasteiger partial charge >= 0.3 is 0 Å². The number of ether oxygens (including phenoxy) is 1. The molecule has 0 bridgehead atoms. The van der Waals surface area contributed by atoms with Crippen LogP contribution in [0.2, 0.25) is 5.02 Å². The Morgan fingerprint density at radius 3 is 2.76 bits per heavy atom. The number of carbonyl (C=O) groups excluding carboxylic acids is 1. The highest BCUT2D eigenvalue weighted by atomic mass is 35.5. The molecule has 1 amide bonds. The number of nitrogens with one attached hydrogen (secondary N) is 2. The number of rotatable bonds is 5. The molecule has 21 heavy (non-hydrogen) atoms. The Kier molecular flexibility index (Phi) is 5.00. The van der Waals surface area contributed by atoms with Gasteiger partial charge in [-0.15, -0.1) is 0 Å². The number of halogens is 1. The fraction of sp³-hybridized carbons (Fsp3) is 0.200. The second kappa shape index (κ2) is 6.95. The van der Waals surface area contributed by atoms with Crippen LogP contribution in [0.4, 0.5) is 11.5 Å². The number of nitrogens with zero attached hydrogens (tertiary/aromatic N) is 1. The van der Waals surface area contributed by atoms with Crippen molar-refractivity contribution in [3.63, 3.8) is 0 Å². The molecule has 0 radical (unpaired) electrons. The van der Waals surface area contributed by atoms with Crippen LogP contribution in [-0.2, 0) is 0 Å². The highest BCUT2D eigenvalue weighted by Crippen LogP contribution is 2.27. The van der Waals surface area contributed by atoms with Gasteiger partial charge in [-0.25, -0.2) is 4.98 Å². The first-order chi connectivity index (χ1) is 10.1. The summed E-state index contributed by atoms with van der Waals surface area (Å²) in [4.78, 5) is 16.3. The number of aromatic nitrogens is 1. The quantitative estimate of drug-likeness (QED) is 0.888.